The van der Waals surface area contributed by atoms with Gasteiger partial charge in [-0.1, -0.05) is 36.4 Å². The van der Waals surface area contributed by atoms with E-state index in [4.69, 9.17) is 0 Å². The molecular formula is C20H16N2O2Zn. The zero-order valence-corrected chi connectivity index (χ0v) is 16.6. The van der Waals surface area contributed by atoms with Gasteiger partial charge in [0.05, 0.1) is 11.4 Å². The number of hydrogen-bond donors (Lipinski definition) is 2. The fourth-order valence-corrected chi connectivity index (χ4v) is 2.25. The molecule has 0 saturated heterocycles. The van der Waals surface area contributed by atoms with Crippen molar-refractivity contribution in [1.29, 1.82) is 0 Å². The van der Waals surface area contributed by atoms with Crippen LogP contribution in [0, 0.1) is 0 Å². The van der Waals surface area contributed by atoms with E-state index in [1.54, 1.807) is 36.7 Å². The van der Waals surface area contributed by atoms with Crippen LogP contribution >= 0.6 is 0 Å². The standard InChI is InChI=1S/C20H16N2O2.Zn/c23-19-11-5-1-7-15(19)13-21-17-9-3-4-10-18(17)22-14-16-8-2-6-12-20(16)24;/h1-14,21-22H;/b15-13-,16-14-;. The second kappa shape index (κ2) is 8.90. The van der Waals surface area contributed by atoms with Gasteiger partial charge >= 0.3 is 0 Å². The molecular weight excluding hydrogens is 366 g/mol. The Labute approximate surface area is 159 Å². The maximum absolute atomic E-state index is 11.7. The average Bonchev–Trinajstić information content (AvgIpc) is 2.61. The van der Waals surface area contributed by atoms with E-state index in [1.807, 2.05) is 36.4 Å². The third kappa shape index (κ3) is 4.85. The van der Waals surface area contributed by atoms with Gasteiger partial charge in [-0.25, -0.2) is 0 Å². The van der Waals surface area contributed by atoms with Gasteiger partial charge in [0.15, 0.2) is 11.6 Å². The molecule has 1 aromatic carbocycles. The molecule has 25 heavy (non-hydrogen) atoms. The number of rotatable bonds is 4. The van der Waals surface area contributed by atoms with E-state index in [1.165, 1.54) is 12.2 Å². The quantitative estimate of drug-likeness (QED) is 0.617. The van der Waals surface area contributed by atoms with Crippen LogP contribution in [-0.4, -0.2) is 11.6 Å². The van der Waals surface area contributed by atoms with Crippen LogP contribution in [-0.2, 0) is 29.1 Å². The summed E-state index contributed by atoms with van der Waals surface area (Å²) in [6.07, 6.45) is 17.0. The molecule has 0 aliphatic heterocycles. The van der Waals surface area contributed by atoms with Crippen LogP contribution in [0.4, 0.5) is 11.4 Å². The van der Waals surface area contributed by atoms with Crippen molar-refractivity contribution in [2.75, 3.05) is 10.6 Å². The summed E-state index contributed by atoms with van der Waals surface area (Å²) in [5.41, 5.74) is 2.78. The molecule has 0 fully saturated rings. The fourth-order valence-electron chi connectivity index (χ4n) is 2.25. The van der Waals surface area contributed by atoms with Gasteiger partial charge in [-0.3, -0.25) is 9.59 Å². The van der Waals surface area contributed by atoms with Crippen LogP contribution in [0.15, 0.2) is 96.4 Å². The first kappa shape index (κ1) is 18.6. The molecule has 2 aliphatic carbocycles. The molecule has 0 spiro atoms. The number of allylic oxidation sites excluding steroid dienone is 10. The Morgan fingerprint density at radius 2 is 1.04 bits per heavy atom. The Kier molecular flexibility index (Phi) is 6.61. The minimum absolute atomic E-state index is 0. The second-order valence-corrected chi connectivity index (χ2v) is 5.20. The van der Waals surface area contributed by atoms with Crippen molar-refractivity contribution < 1.29 is 29.1 Å². The van der Waals surface area contributed by atoms with E-state index in [-0.39, 0.29) is 31.0 Å². The topological polar surface area (TPSA) is 58.2 Å². The molecule has 0 unspecified atom stereocenters. The largest absolute Gasteiger partial charge is 0.359 e. The molecule has 0 radical (unpaired) electrons. The number of ketones is 2. The molecule has 120 valence electrons. The molecule has 1 aromatic rings. The molecule has 0 aromatic heterocycles. The van der Waals surface area contributed by atoms with Crippen molar-refractivity contribution in [3.63, 3.8) is 0 Å². The SMILES string of the molecule is O=C1C=CC=C/C1=C/Nc1ccccc1N/C=C1/C=CC=CC1=O.[Zn]. The predicted octanol–water partition coefficient (Wildman–Crippen LogP) is 3.67. The Bertz CT molecular complexity index is 787. The first-order chi connectivity index (χ1) is 11.7. The summed E-state index contributed by atoms with van der Waals surface area (Å²) in [4.78, 5) is 23.5. The summed E-state index contributed by atoms with van der Waals surface area (Å²) in [5.74, 6) is -0.0791. The second-order valence-electron chi connectivity index (χ2n) is 5.20. The first-order valence-corrected chi connectivity index (χ1v) is 7.54. The zero-order valence-electron chi connectivity index (χ0n) is 13.6. The summed E-state index contributed by atoms with van der Waals surface area (Å²) >= 11 is 0. The first-order valence-electron chi connectivity index (χ1n) is 7.54. The number of hydrogen-bond acceptors (Lipinski definition) is 4. The molecule has 4 nitrogen and oxygen atoms in total. The smallest absolute Gasteiger partial charge is 0.187 e. The summed E-state index contributed by atoms with van der Waals surface area (Å²) < 4.78 is 0. The molecule has 2 aliphatic rings. The van der Waals surface area contributed by atoms with Gasteiger partial charge in [-0.15, -0.1) is 0 Å². The van der Waals surface area contributed by atoms with E-state index in [0.717, 1.165) is 11.4 Å². The van der Waals surface area contributed by atoms with Gasteiger partial charge in [-0.2, -0.15) is 0 Å². The normalized spacial score (nSPS) is 18.6. The predicted molar refractivity (Wildman–Crippen MR) is 96.4 cm³/mol. The van der Waals surface area contributed by atoms with Crippen LogP contribution in [0.3, 0.4) is 0 Å². The van der Waals surface area contributed by atoms with Crippen LogP contribution in [0.1, 0.15) is 0 Å². The number of carbonyl (C=O) groups excluding carboxylic acids is 2. The Hall–Kier alpha value is -2.78. The molecule has 2 N–H and O–H groups in total. The monoisotopic (exact) mass is 380 g/mol. The molecule has 0 saturated carbocycles. The van der Waals surface area contributed by atoms with E-state index in [9.17, 15) is 9.59 Å². The summed E-state index contributed by atoms with van der Waals surface area (Å²) in [7, 11) is 0. The van der Waals surface area contributed by atoms with Crippen LogP contribution < -0.4 is 10.6 Å². The summed E-state index contributed by atoms with van der Waals surface area (Å²) in [6.45, 7) is 0. The van der Waals surface area contributed by atoms with Crippen LogP contribution in [0.5, 0.6) is 0 Å². The number of para-hydroxylation sites is 2. The van der Waals surface area contributed by atoms with Crippen molar-refractivity contribution >= 4 is 22.9 Å². The van der Waals surface area contributed by atoms with Gasteiger partial charge in [0.1, 0.15) is 0 Å². The fraction of sp³-hybridized carbons (Fsp3) is 0. The number of anilines is 2. The minimum atomic E-state index is -0.0396. The van der Waals surface area contributed by atoms with Crippen molar-refractivity contribution in [2.24, 2.45) is 0 Å². The van der Waals surface area contributed by atoms with Gasteiger partial charge in [-0.05, 0) is 36.4 Å². The third-order valence-corrected chi connectivity index (χ3v) is 3.53. The van der Waals surface area contributed by atoms with E-state index < -0.39 is 0 Å². The average molecular weight is 382 g/mol. The Morgan fingerprint density at radius 3 is 1.44 bits per heavy atom. The number of nitrogens with one attached hydrogen (secondary N) is 2. The van der Waals surface area contributed by atoms with Crippen LogP contribution in [0.25, 0.3) is 0 Å². The molecule has 5 heteroatoms. The summed E-state index contributed by atoms with van der Waals surface area (Å²) in [5, 5.41) is 6.27. The van der Waals surface area contributed by atoms with Gasteiger partial charge in [0.25, 0.3) is 0 Å². The van der Waals surface area contributed by atoms with E-state index in [0.29, 0.717) is 11.1 Å². The minimum Gasteiger partial charge on any atom is -0.359 e. The maximum Gasteiger partial charge on any atom is 0.187 e. The molecule has 3 rings (SSSR count). The molecule has 0 heterocycles. The molecule has 0 bridgehead atoms. The number of benzene rings is 1. The van der Waals surface area contributed by atoms with E-state index >= 15 is 0 Å². The van der Waals surface area contributed by atoms with Crippen LogP contribution in [0.2, 0.25) is 0 Å². The maximum atomic E-state index is 11.7. The van der Waals surface area contributed by atoms with Crippen molar-refractivity contribution in [3.05, 3.63) is 96.4 Å². The summed E-state index contributed by atoms with van der Waals surface area (Å²) in [6, 6.07) is 7.57. The van der Waals surface area contributed by atoms with Gasteiger partial charge < -0.3 is 10.6 Å². The Balaban J connectivity index is 0.00000225. The molecule has 0 amide bonds. The zero-order chi connectivity index (χ0) is 16.8. The van der Waals surface area contributed by atoms with E-state index in [2.05, 4.69) is 10.6 Å². The van der Waals surface area contributed by atoms with Crippen molar-refractivity contribution in [2.45, 2.75) is 0 Å². The molecule has 0 atom stereocenters. The number of carbonyl (C=O) groups is 2. The van der Waals surface area contributed by atoms with Gasteiger partial charge in [0.2, 0.25) is 0 Å². The Morgan fingerprint density at radius 1 is 0.640 bits per heavy atom. The van der Waals surface area contributed by atoms with Crippen molar-refractivity contribution in [3.8, 4) is 0 Å². The van der Waals surface area contributed by atoms with Crippen molar-refractivity contribution in [1.82, 2.24) is 0 Å². The van der Waals surface area contributed by atoms with Gasteiger partial charge in [0, 0.05) is 43.0 Å². The third-order valence-electron chi connectivity index (χ3n) is 3.53.